The van der Waals surface area contributed by atoms with Crippen molar-refractivity contribution in [2.75, 3.05) is 20.7 Å². The van der Waals surface area contributed by atoms with Crippen LogP contribution in [0.2, 0.25) is 0 Å². The minimum Gasteiger partial charge on any atom is -0.378 e. The summed E-state index contributed by atoms with van der Waals surface area (Å²) in [5, 5.41) is 11.1. The molecule has 1 aromatic rings. The molecule has 1 fully saturated rings. The summed E-state index contributed by atoms with van der Waals surface area (Å²) in [7, 11) is 3.60. The molecule has 1 aliphatic carbocycles. The van der Waals surface area contributed by atoms with E-state index in [-0.39, 0.29) is 11.0 Å². The van der Waals surface area contributed by atoms with E-state index < -0.39 is 0 Å². The topological polar surface area (TPSA) is 63.5 Å². The summed E-state index contributed by atoms with van der Waals surface area (Å²) < 4.78 is 7.61. The van der Waals surface area contributed by atoms with Crippen molar-refractivity contribution in [3.63, 3.8) is 0 Å². The highest BCUT2D eigenvalue weighted by Gasteiger charge is 2.57. The van der Waals surface area contributed by atoms with E-state index in [1.807, 2.05) is 24.0 Å². The Morgan fingerprint density at radius 3 is 2.77 bits per heavy atom. The van der Waals surface area contributed by atoms with Gasteiger partial charge in [0.1, 0.15) is 0 Å². The lowest BCUT2D eigenvalue weighted by atomic mass is 9.56. The van der Waals surface area contributed by atoms with E-state index in [9.17, 15) is 0 Å². The molecule has 1 saturated carbocycles. The molecule has 0 aromatic carbocycles. The Morgan fingerprint density at radius 1 is 1.45 bits per heavy atom. The van der Waals surface area contributed by atoms with Gasteiger partial charge in [-0.15, -0.1) is 0 Å². The van der Waals surface area contributed by atoms with Crippen LogP contribution in [0.5, 0.6) is 0 Å². The van der Waals surface area contributed by atoms with Gasteiger partial charge in [0.15, 0.2) is 5.96 Å². The van der Waals surface area contributed by atoms with Gasteiger partial charge in [0, 0.05) is 51.1 Å². The molecule has 124 valence electrons. The van der Waals surface area contributed by atoms with Crippen molar-refractivity contribution in [1.82, 2.24) is 20.4 Å². The maximum atomic E-state index is 5.66. The number of nitrogens with one attached hydrogen (secondary N) is 2. The van der Waals surface area contributed by atoms with Crippen molar-refractivity contribution in [2.24, 2.45) is 10.4 Å². The van der Waals surface area contributed by atoms with Crippen LogP contribution in [0.15, 0.2) is 23.5 Å². The fraction of sp³-hybridized carbons (Fsp3) is 0.750. The van der Waals surface area contributed by atoms with Gasteiger partial charge in [-0.3, -0.25) is 9.67 Å². The smallest absolute Gasteiger partial charge is 0.191 e. The first-order valence-corrected chi connectivity index (χ1v) is 7.93. The molecule has 0 bridgehead atoms. The first-order valence-electron chi connectivity index (χ1n) is 7.93. The molecule has 1 heterocycles. The Morgan fingerprint density at radius 2 is 2.23 bits per heavy atom. The Kier molecular flexibility index (Phi) is 5.11. The number of aromatic nitrogens is 2. The van der Waals surface area contributed by atoms with Crippen molar-refractivity contribution in [3.8, 4) is 0 Å². The molecular weight excluding hydrogens is 278 g/mol. The van der Waals surface area contributed by atoms with Crippen molar-refractivity contribution < 1.29 is 4.74 Å². The molecule has 2 unspecified atom stereocenters. The molecule has 2 rings (SSSR count). The molecule has 6 nitrogen and oxygen atoms in total. The van der Waals surface area contributed by atoms with Crippen molar-refractivity contribution >= 4 is 5.96 Å². The highest BCUT2D eigenvalue weighted by molar-refractivity contribution is 5.80. The Balaban J connectivity index is 1.74. The molecule has 1 aliphatic rings. The molecule has 2 atom stereocenters. The summed E-state index contributed by atoms with van der Waals surface area (Å²) in [6.45, 7) is 8.43. The number of methoxy groups -OCH3 is 1. The third-order valence-electron chi connectivity index (χ3n) is 5.23. The lowest BCUT2D eigenvalue weighted by Crippen LogP contribution is -2.69. The molecule has 0 radical (unpaired) electrons. The fourth-order valence-corrected chi connectivity index (χ4v) is 2.96. The van der Waals surface area contributed by atoms with E-state index in [1.165, 1.54) is 0 Å². The minimum atomic E-state index is -0.0659. The van der Waals surface area contributed by atoms with Crippen LogP contribution >= 0.6 is 0 Å². The number of nitrogens with zero attached hydrogens (tertiary/aromatic N) is 3. The van der Waals surface area contributed by atoms with Crippen LogP contribution in [-0.4, -0.2) is 48.1 Å². The average Bonchev–Trinajstić information content (AvgIpc) is 3.02. The van der Waals surface area contributed by atoms with Crippen LogP contribution in [0.1, 0.15) is 33.6 Å². The van der Waals surface area contributed by atoms with E-state index in [4.69, 9.17) is 4.74 Å². The lowest BCUT2D eigenvalue weighted by Gasteiger charge is -2.59. The fourth-order valence-electron chi connectivity index (χ4n) is 2.96. The zero-order valence-electron chi connectivity index (χ0n) is 14.4. The van der Waals surface area contributed by atoms with Gasteiger partial charge in [-0.25, -0.2) is 0 Å². The zero-order valence-corrected chi connectivity index (χ0v) is 14.4. The van der Waals surface area contributed by atoms with Crippen molar-refractivity contribution in [3.05, 3.63) is 18.5 Å². The molecule has 0 saturated heterocycles. The summed E-state index contributed by atoms with van der Waals surface area (Å²) in [4.78, 5) is 4.31. The zero-order chi connectivity index (χ0) is 16.2. The number of rotatable bonds is 6. The largest absolute Gasteiger partial charge is 0.378 e. The van der Waals surface area contributed by atoms with Crippen LogP contribution in [0.4, 0.5) is 0 Å². The number of guanidine groups is 1. The van der Waals surface area contributed by atoms with E-state index in [0.717, 1.165) is 31.9 Å². The normalized spacial score (nSPS) is 27.3. The minimum absolute atomic E-state index is 0.0659. The van der Waals surface area contributed by atoms with Crippen LogP contribution in [-0.2, 0) is 11.3 Å². The van der Waals surface area contributed by atoms with Gasteiger partial charge in [0.2, 0.25) is 0 Å². The summed E-state index contributed by atoms with van der Waals surface area (Å²) in [5.74, 6) is 0.858. The number of hydrogen-bond acceptors (Lipinski definition) is 3. The number of hydrogen-bond donors (Lipinski definition) is 2. The number of ether oxygens (including phenoxy) is 1. The standard InChI is InChI=1S/C16H29N5O/c1-15(2)13(12-16(15,3)22-5)20-14(17-4)18-8-6-10-21-11-7-9-19-21/h7,9,11,13H,6,8,10,12H2,1-5H3,(H2,17,18,20). The Labute approximate surface area is 133 Å². The van der Waals surface area contributed by atoms with Gasteiger partial charge < -0.3 is 15.4 Å². The second kappa shape index (κ2) is 6.69. The van der Waals surface area contributed by atoms with Crippen LogP contribution in [0.25, 0.3) is 0 Å². The monoisotopic (exact) mass is 307 g/mol. The van der Waals surface area contributed by atoms with Gasteiger partial charge in [0.05, 0.1) is 5.60 Å². The molecule has 0 aliphatic heterocycles. The highest BCUT2D eigenvalue weighted by Crippen LogP contribution is 2.51. The van der Waals surface area contributed by atoms with E-state index in [0.29, 0.717) is 6.04 Å². The summed E-state index contributed by atoms with van der Waals surface area (Å²) >= 11 is 0. The van der Waals surface area contributed by atoms with Crippen LogP contribution < -0.4 is 10.6 Å². The highest BCUT2D eigenvalue weighted by atomic mass is 16.5. The van der Waals surface area contributed by atoms with E-state index >= 15 is 0 Å². The molecule has 22 heavy (non-hydrogen) atoms. The third kappa shape index (κ3) is 3.27. The Bertz CT molecular complexity index is 497. The SMILES string of the molecule is CN=C(NCCCn1cccn1)NC1CC(C)(OC)C1(C)C. The van der Waals surface area contributed by atoms with Gasteiger partial charge in [-0.1, -0.05) is 13.8 Å². The number of aryl methyl sites for hydroxylation is 1. The second-order valence-corrected chi connectivity index (χ2v) is 6.68. The second-order valence-electron chi connectivity index (χ2n) is 6.68. The lowest BCUT2D eigenvalue weighted by molar-refractivity contribution is -0.176. The molecular formula is C16H29N5O. The van der Waals surface area contributed by atoms with Gasteiger partial charge in [-0.05, 0) is 25.8 Å². The van der Waals surface area contributed by atoms with Crippen LogP contribution in [0.3, 0.4) is 0 Å². The first-order chi connectivity index (χ1) is 10.4. The molecule has 1 aromatic heterocycles. The predicted molar refractivity (Wildman–Crippen MR) is 88.9 cm³/mol. The maximum Gasteiger partial charge on any atom is 0.191 e. The average molecular weight is 307 g/mol. The molecule has 0 spiro atoms. The van der Waals surface area contributed by atoms with Gasteiger partial charge in [0.25, 0.3) is 0 Å². The van der Waals surface area contributed by atoms with Crippen molar-refractivity contribution in [2.45, 2.75) is 51.8 Å². The number of aliphatic imine (C=N–C) groups is 1. The molecule has 6 heteroatoms. The summed E-state index contributed by atoms with van der Waals surface area (Å²) in [6.07, 6.45) is 5.78. The van der Waals surface area contributed by atoms with Crippen molar-refractivity contribution in [1.29, 1.82) is 0 Å². The molecule has 2 N–H and O–H groups in total. The summed E-state index contributed by atoms with van der Waals surface area (Å²) in [5.41, 5.74) is 0.0119. The van der Waals surface area contributed by atoms with Gasteiger partial charge in [-0.2, -0.15) is 5.10 Å². The van der Waals surface area contributed by atoms with E-state index in [1.54, 1.807) is 13.3 Å². The quantitative estimate of drug-likeness (QED) is 0.476. The van der Waals surface area contributed by atoms with E-state index in [2.05, 4.69) is 41.5 Å². The predicted octanol–water partition coefficient (Wildman–Crippen LogP) is 1.64. The summed E-state index contributed by atoms with van der Waals surface area (Å²) in [6, 6.07) is 2.31. The maximum absolute atomic E-state index is 5.66. The first kappa shape index (κ1) is 16.8. The van der Waals surface area contributed by atoms with Gasteiger partial charge >= 0.3 is 0 Å². The third-order valence-corrected chi connectivity index (χ3v) is 5.23. The Hall–Kier alpha value is -1.56. The van der Waals surface area contributed by atoms with Crippen LogP contribution in [0, 0.1) is 5.41 Å². The molecule has 0 amide bonds.